The lowest BCUT2D eigenvalue weighted by atomic mass is 10.0. The van der Waals surface area contributed by atoms with Crippen LogP contribution in [0.15, 0.2) is 24.3 Å². The van der Waals surface area contributed by atoms with E-state index in [0.717, 1.165) is 0 Å². The van der Waals surface area contributed by atoms with Gasteiger partial charge in [-0.2, -0.15) is 0 Å². The molecular formula is C18H25FN2O4. The van der Waals surface area contributed by atoms with Gasteiger partial charge >= 0.3 is 5.97 Å². The Hall–Kier alpha value is -2.44. The summed E-state index contributed by atoms with van der Waals surface area (Å²) in [6.45, 7) is 3.95. The van der Waals surface area contributed by atoms with Gasteiger partial charge in [0.15, 0.2) is 0 Å². The third kappa shape index (κ3) is 6.17. The lowest BCUT2D eigenvalue weighted by molar-refractivity contribution is -0.141. The van der Waals surface area contributed by atoms with E-state index < -0.39 is 17.8 Å². The normalized spacial score (nSPS) is 11.8. The van der Waals surface area contributed by atoms with Gasteiger partial charge in [0.1, 0.15) is 11.9 Å². The molecule has 1 unspecified atom stereocenters. The fourth-order valence-electron chi connectivity index (χ4n) is 2.29. The number of esters is 1. The zero-order valence-corrected chi connectivity index (χ0v) is 15.0. The van der Waals surface area contributed by atoms with Crippen LogP contribution in [0.1, 0.15) is 37.0 Å². The van der Waals surface area contributed by atoms with Crippen LogP contribution in [0.4, 0.5) is 4.39 Å². The first-order valence-electron chi connectivity index (χ1n) is 8.15. The Balaban J connectivity index is 2.72. The van der Waals surface area contributed by atoms with Crippen LogP contribution in [0.2, 0.25) is 0 Å². The van der Waals surface area contributed by atoms with Crippen molar-refractivity contribution in [3.8, 4) is 0 Å². The number of methoxy groups -OCH3 is 1. The number of likely N-dealkylation sites (N-methyl/N-ethyl adjacent to an activating group) is 1. The second-order valence-corrected chi connectivity index (χ2v) is 6.11. The second kappa shape index (κ2) is 9.76. The number of rotatable bonds is 8. The minimum atomic E-state index is -0.782. The molecule has 0 saturated heterocycles. The van der Waals surface area contributed by atoms with Crippen LogP contribution in [-0.4, -0.2) is 49.4 Å². The molecule has 138 valence electrons. The van der Waals surface area contributed by atoms with Crippen molar-refractivity contribution in [3.63, 3.8) is 0 Å². The Kier molecular flexibility index (Phi) is 8.04. The molecule has 1 N–H and O–H groups in total. The van der Waals surface area contributed by atoms with E-state index in [1.54, 1.807) is 27.0 Å². The van der Waals surface area contributed by atoms with Crippen molar-refractivity contribution >= 4 is 17.8 Å². The van der Waals surface area contributed by atoms with Gasteiger partial charge in [0.05, 0.1) is 12.7 Å². The van der Waals surface area contributed by atoms with E-state index in [4.69, 9.17) is 0 Å². The molecule has 2 amide bonds. The number of nitrogens with one attached hydrogen (secondary N) is 1. The Labute approximate surface area is 147 Å². The van der Waals surface area contributed by atoms with Gasteiger partial charge < -0.3 is 15.0 Å². The molecule has 0 saturated carbocycles. The van der Waals surface area contributed by atoms with Crippen LogP contribution in [0.5, 0.6) is 0 Å². The maximum atomic E-state index is 13.7. The summed E-state index contributed by atoms with van der Waals surface area (Å²) in [7, 11) is 2.91. The molecular weight excluding hydrogens is 327 g/mol. The van der Waals surface area contributed by atoms with Crippen LogP contribution in [-0.2, 0) is 14.3 Å². The second-order valence-electron chi connectivity index (χ2n) is 6.11. The summed E-state index contributed by atoms with van der Waals surface area (Å²) in [6, 6.07) is 4.83. The summed E-state index contributed by atoms with van der Waals surface area (Å²) in [5.74, 6) is -2.07. The zero-order chi connectivity index (χ0) is 19.0. The molecule has 0 aliphatic heterocycles. The quantitative estimate of drug-likeness (QED) is 0.726. The molecule has 1 rings (SSSR count). The molecule has 0 aromatic heterocycles. The van der Waals surface area contributed by atoms with Gasteiger partial charge in [-0.05, 0) is 24.5 Å². The zero-order valence-electron chi connectivity index (χ0n) is 15.0. The first-order chi connectivity index (χ1) is 11.8. The van der Waals surface area contributed by atoms with Crippen LogP contribution in [0.3, 0.4) is 0 Å². The highest BCUT2D eigenvalue weighted by molar-refractivity contribution is 5.97. The molecule has 1 atom stereocenters. The standard InChI is InChI=1S/C18H25FN2O4/c1-12(2)16(18(24)21(3)11-7-10-15(22)25-4)20-17(23)13-8-5-6-9-14(13)19/h5-6,8-9,12,16H,7,10-11H2,1-4H3,(H,20,23). The maximum absolute atomic E-state index is 13.7. The highest BCUT2D eigenvalue weighted by Crippen LogP contribution is 2.11. The highest BCUT2D eigenvalue weighted by atomic mass is 19.1. The van der Waals surface area contributed by atoms with Gasteiger partial charge in [-0.15, -0.1) is 0 Å². The first-order valence-corrected chi connectivity index (χ1v) is 8.15. The lowest BCUT2D eigenvalue weighted by Crippen LogP contribution is -2.50. The minimum Gasteiger partial charge on any atom is -0.469 e. The van der Waals surface area contributed by atoms with Crippen molar-refractivity contribution in [3.05, 3.63) is 35.6 Å². The lowest BCUT2D eigenvalue weighted by Gasteiger charge is -2.27. The SMILES string of the molecule is COC(=O)CCCN(C)C(=O)C(NC(=O)c1ccccc1F)C(C)C. The maximum Gasteiger partial charge on any atom is 0.305 e. The third-order valence-corrected chi connectivity index (χ3v) is 3.82. The monoisotopic (exact) mass is 352 g/mol. The molecule has 0 heterocycles. The average Bonchev–Trinajstić information content (AvgIpc) is 2.58. The molecule has 0 spiro atoms. The summed E-state index contributed by atoms with van der Waals surface area (Å²) in [5.41, 5.74) is -0.103. The van der Waals surface area contributed by atoms with Gasteiger partial charge in [0.25, 0.3) is 5.91 Å². The van der Waals surface area contributed by atoms with Crippen molar-refractivity contribution in [2.24, 2.45) is 5.92 Å². The largest absolute Gasteiger partial charge is 0.469 e. The topological polar surface area (TPSA) is 75.7 Å². The molecule has 0 fully saturated rings. The molecule has 7 heteroatoms. The van der Waals surface area contributed by atoms with Gasteiger partial charge in [0, 0.05) is 20.0 Å². The third-order valence-electron chi connectivity index (χ3n) is 3.82. The van der Waals surface area contributed by atoms with Crippen molar-refractivity contribution in [2.45, 2.75) is 32.7 Å². The number of amides is 2. The van der Waals surface area contributed by atoms with E-state index >= 15 is 0 Å². The first kappa shape index (κ1) is 20.6. The molecule has 1 aromatic carbocycles. The number of carbonyl (C=O) groups is 3. The fourth-order valence-corrected chi connectivity index (χ4v) is 2.29. The van der Waals surface area contributed by atoms with Crippen molar-refractivity contribution in [1.29, 1.82) is 0 Å². The fraction of sp³-hybridized carbons (Fsp3) is 0.500. The van der Waals surface area contributed by atoms with E-state index in [9.17, 15) is 18.8 Å². The Morgan fingerprint density at radius 2 is 1.88 bits per heavy atom. The minimum absolute atomic E-state index is 0.103. The number of ether oxygens (including phenoxy) is 1. The Morgan fingerprint density at radius 1 is 1.24 bits per heavy atom. The number of halogens is 1. The van der Waals surface area contributed by atoms with Crippen molar-refractivity contribution in [1.82, 2.24) is 10.2 Å². The van der Waals surface area contributed by atoms with E-state index in [1.807, 2.05) is 0 Å². The number of carbonyl (C=O) groups excluding carboxylic acids is 3. The number of hydrogen-bond acceptors (Lipinski definition) is 4. The molecule has 0 radical (unpaired) electrons. The van der Waals surface area contributed by atoms with Crippen LogP contribution >= 0.6 is 0 Å². The van der Waals surface area contributed by atoms with E-state index in [2.05, 4.69) is 10.1 Å². The highest BCUT2D eigenvalue weighted by Gasteiger charge is 2.28. The number of benzene rings is 1. The summed E-state index contributed by atoms with van der Waals surface area (Å²) < 4.78 is 18.3. The van der Waals surface area contributed by atoms with E-state index in [0.29, 0.717) is 13.0 Å². The van der Waals surface area contributed by atoms with Crippen LogP contribution in [0.25, 0.3) is 0 Å². The van der Waals surface area contributed by atoms with Gasteiger partial charge in [0.2, 0.25) is 5.91 Å². The van der Waals surface area contributed by atoms with Crippen LogP contribution < -0.4 is 5.32 Å². The molecule has 25 heavy (non-hydrogen) atoms. The molecule has 0 aliphatic carbocycles. The molecule has 0 bridgehead atoms. The average molecular weight is 352 g/mol. The summed E-state index contributed by atoms with van der Waals surface area (Å²) in [5, 5.41) is 2.60. The Morgan fingerprint density at radius 3 is 2.44 bits per heavy atom. The smallest absolute Gasteiger partial charge is 0.305 e. The molecule has 1 aromatic rings. The Bertz CT molecular complexity index is 619. The predicted molar refractivity (Wildman–Crippen MR) is 91.4 cm³/mol. The van der Waals surface area contributed by atoms with Gasteiger partial charge in [-0.25, -0.2) is 4.39 Å². The van der Waals surface area contributed by atoms with Crippen molar-refractivity contribution in [2.75, 3.05) is 20.7 Å². The predicted octanol–water partition coefficient (Wildman–Crippen LogP) is 1.99. The number of hydrogen-bond donors (Lipinski definition) is 1. The summed E-state index contributed by atoms with van der Waals surface area (Å²) >= 11 is 0. The van der Waals surface area contributed by atoms with Gasteiger partial charge in [-0.1, -0.05) is 26.0 Å². The molecule has 6 nitrogen and oxygen atoms in total. The number of nitrogens with zero attached hydrogens (tertiary/aromatic N) is 1. The summed E-state index contributed by atoms with van der Waals surface area (Å²) in [6.07, 6.45) is 0.670. The van der Waals surface area contributed by atoms with Crippen LogP contribution in [0, 0.1) is 11.7 Å². The van der Waals surface area contributed by atoms with E-state index in [-0.39, 0.29) is 29.8 Å². The van der Waals surface area contributed by atoms with Crippen molar-refractivity contribution < 1.29 is 23.5 Å². The van der Waals surface area contributed by atoms with E-state index in [1.165, 1.54) is 30.2 Å². The summed E-state index contributed by atoms with van der Waals surface area (Å²) in [4.78, 5) is 37.4. The molecule has 0 aliphatic rings. The van der Waals surface area contributed by atoms with Gasteiger partial charge in [-0.3, -0.25) is 14.4 Å².